The molecule has 0 atom stereocenters. The van der Waals surface area contributed by atoms with Crippen LogP contribution in [0.2, 0.25) is 0 Å². The van der Waals surface area contributed by atoms with Gasteiger partial charge in [0.25, 0.3) is 0 Å². The number of hydrogen-bond acceptors (Lipinski definition) is 6. The molecule has 1 aliphatic heterocycles. The first-order valence-corrected chi connectivity index (χ1v) is 11.5. The molecular weight excluding hydrogens is 442 g/mol. The summed E-state index contributed by atoms with van der Waals surface area (Å²) in [6.07, 6.45) is 2.59. The van der Waals surface area contributed by atoms with Crippen molar-refractivity contribution >= 4 is 46.6 Å². The molecule has 3 rings (SSSR count). The number of hydrogen-bond donors (Lipinski definition) is 4. The van der Waals surface area contributed by atoms with E-state index in [1.165, 1.54) is 11.1 Å². The molecule has 0 unspecified atom stereocenters. The molecule has 1 aliphatic rings. The maximum absolute atomic E-state index is 6.09. The highest BCUT2D eigenvalue weighted by atomic mass is 32.1. The van der Waals surface area contributed by atoms with Crippen molar-refractivity contribution in [2.75, 3.05) is 19.6 Å². The molecule has 170 valence electrons. The van der Waals surface area contributed by atoms with Crippen LogP contribution in [0.15, 0.2) is 51.0 Å². The lowest BCUT2D eigenvalue weighted by Gasteiger charge is -2.27. The van der Waals surface area contributed by atoms with Gasteiger partial charge in [-0.3, -0.25) is 15.8 Å². The van der Waals surface area contributed by atoms with E-state index in [0.717, 1.165) is 31.8 Å². The van der Waals surface area contributed by atoms with E-state index in [4.69, 9.17) is 28.9 Å². The van der Waals surface area contributed by atoms with Gasteiger partial charge in [0, 0.05) is 26.2 Å². The Morgan fingerprint density at radius 3 is 2.50 bits per heavy atom. The number of fused-ring (bicyclic) bond motifs is 1. The van der Waals surface area contributed by atoms with E-state index in [-0.39, 0.29) is 0 Å². The molecule has 0 spiro atoms. The minimum absolute atomic E-state index is 0.424. The molecule has 1 aromatic heterocycles. The van der Waals surface area contributed by atoms with E-state index in [1.807, 2.05) is 26.0 Å². The smallest absolute Gasteiger partial charge is 0.186 e. The molecule has 10 heteroatoms. The second-order valence-corrected chi connectivity index (χ2v) is 8.01. The molecule has 2 aromatic rings. The lowest BCUT2D eigenvalue weighted by Crippen LogP contribution is -2.33. The zero-order valence-electron chi connectivity index (χ0n) is 18.4. The molecule has 0 radical (unpaired) electrons. The van der Waals surface area contributed by atoms with Crippen molar-refractivity contribution in [1.29, 1.82) is 0 Å². The molecule has 0 aliphatic carbocycles. The van der Waals surface area contributed by atoms with Crippen LogP contribution in [0.1, 0.15) is 36.5 Å². The fourth-order valence-electron chi connectivity index (χ4n) is 3.32. The van der Waals surface area contributed by atoms with Crippen LogP contribution in [0, 0.1) is 0 Å². The standard InChI is InChI=1S/C22H29N7OS2/c1-3-23-21(31)27-25-13-19(26-28-22(32)24-4-2)20-10-9-18(30-20)15-29-12-11-16-7-5-6-8-17(16)14-29/h5-10,13H,3-4,11-12,14-15H2,1-2H3,(H2,23,27,31)(H2,24,28,32)/b25-13+,26-19+. The zero-order chi connectivity index (χ0) is 22.8. The van der Waals surface area contributed by atoms with E-state index in [0.29, 0.717) is 34.8 Å². The van der Waals surface area contributed by atoms with Gasteiger partial charge in [-0.15, -0.1) is 0 Å². The average molecular weight is 472 g/mol. The first-order chi connectivity index (χ1) is 15.6. The molecule has 2 heterocycles. The number of thiocarbonyl (C=S) groups is 2. The fourth-order valence-corrected chi connectivity index (χ4v) is 3.71. The Hall–Kier alpha value is -2.82. The molecule has 0 bridgehead atoms. The van der Waals surface area contributed by atoms with E-state index in [1.54, 1.807) is 6.21 Å². The van der Waals surface area contributed by atoms with Gasteiger partial charge in [0.05, 0.1) is 12.8 Å². The monoisotopic (exact) mass is 471 g/mol. The summed E-state index contributed by atoms with van der Waals surface area (Å²) in [4.78, 5) is 2.38. The highest BCUT2D eigenvalue weighted by Gasteiger charge is 2.18. The largest absolute Gasteiger partial charge is 0.458 e. The highest BCUT2D eigenvalue weighted by molar-refractivity contribution is 7.80. The van der Waals surface area contributed by atoms with Gasteiger partial charge in [-0.05, 0) is 68.0 Å². The molecule has 32 heavy (non-hydrogen) atoms. The first-order valence-electron chi connectivity index (χ1n) is 10.7. The van der Waals surface area contributed by atoms with E-state index < -0.39 is 0 Å². The van der Waals surface area contributed by atoms with Crippen molar-refractivity contribution in [3.05, 3.63) is 59.0 Å². The minimum atomic E-state index is 0.424. The van der Waals surface area contributed by atoms with Gasteiger partial charge in [0.2, 0.25) is 0 Å². The van der Waals surface area contributed by atoms with Crippen molar-refractivity contribution in [2.24, 2.45) is 10.2 Å². The Morgan fingerprint density at radius 1 is 1.03 bits per heavy atom. The van der Waals surface area contributed by atoms with Crippen LogP contribution in [0.3, 0.4) is 0 Å². The summed E-state index contributed by atoms with van der Waals surface area (Å²) in [6.45, 7) is 7.98. The predicted molar refractivity (Wildman–Crippen MR) is 137 cm³/mol. The van der Waals surface area contributed by atoms with Crippen LogP contribution in [0.4, 0.5) is 0 Å². The maximum atomic E-state index is 6.09. The zero-order valence-corrected chi connectivity index (χ0v) is 20.0. The van der Waals surface area contributed by atoms with Crippen molar-refractivity contribution in [3.8, 4) is 0 Å². The number of nitrogens with zero attached hydrogens (tertiary/aromatic N) is 3. The first kappa shape index (κ1) is 23.8. The summed E-state index contributed by atoms with van der Waals surface area (Å²) in [5, 5.41) is 15.3. The molecule has 0 fully saturated rings. The molecule has 4 N–H and O–H groups in total. The van der Waals surface area contributed by atoms with Crippen LogP contribution in [-0.4, -0.2) is 46.7 Å². The van der Waals surface area contributed by atoms with Crippen LogP contribution in [-0.2, 0) is 19.5 Å². The Bertz CT molecular complexity index is 986. The second-order valence-electron chi connectivity index (χ2n) is 7.19. The number of rotatable bonds is 8. The second kappa shape index (κ2) is 12.3. The van der Waals surface area contributed by atoms with E-state index in [9.17, 15) is 0 Å². The SMILES string of the molecule is CCNC(=S)N/N=C/C(=N\NC(=S)NCC)c1ccc(CN2CCc3ccccc3C2)o1. The van der Waals surface area contributed by atoms with Gasteiger partial charge < -0.3 is 15.1 Å². The number of hydrazone groups is 2. The lowest BCUT2D eigenvalue weighted by atomic mass is 10.00. The third-order valence-corrected chi connectivity index (χ3v) is 5.28. The Kier molecular flexibility index (Phi) is 9.14. The van der Waals surface area contributed by atoms with Gasteiger partial charge >= 0.3 is 0 Å². The predicted octanol–water partition coefficient (Wildman–Crippen LogP) is 2.50. The lowest BCUT2D eigenvalue weighted by molar-refractivity contribution is 0.225. The van der Waals surface area contributed by atoms with Crippen molar-refractivity contribution in [3.63, 3.8) is 0 Å². The summed E-state index contributed by atoms with van der Waals surface area (Å²) in [5.41, 5.74) is 8.88. The number of benzene rings is 1. The summed E-state index contributed by atoms with van der Waals surface area (Å²) in [7, 11) is 0. The van der Waals surface area contributed by atoms with Gasteiger partial charge in [-0.2, -0.15) is 10.2 Å². The van der Waals surface area contributed by atoms with Gasteiger partial charge in [-0.1, -0.05) is 24.3 Å². The topological polar surface area (TPSA) is 89.2 Å². The molecule has 8 nitrogen and oxygen atoms in total. The number of furan rings is 1. The summed E-state index contributed by atoms with van der Waals surface area (Å²) in [6, 6.07) is 12.5. The maximum Gasteiger partial charge on any atom is 0.186 e. The van der Waals surface area contributed by atoms with Crippen molar-refractivity contribution in [1.82, 2.24) is 26.4 Å². The van der Waals surface area contributed by atoms with Crippen LogP contribution in [0.5, 0.6) is 0 Å². The molecule has 0 saturated carbocycles. The van der Waals surface area contributed by atoms with Crippen LogP contribution in [0.25, 0.3) is 0 Å². The molecule has 0 saturated heterocycles. The van der Waals surface area contributed by atoms with Gasteiger partial charge in [-0.25, -0.2) is 0 Å². The molecular formula is C22H29N7OS2. The minimum Gasteiger partial charge on any atom is -0.458 e. The summed E-state index contributed by atoms with van der Waals surface area (Å²) >= 11 is 10.3. The molecule has 1 aromatic carbocycles. The third-order valence-electron chi connectivity index (χ3n) is 4.81. The number of nitrogens with one attached hydrogen (secondary N) is 4. The normalized spacial score (nSPS) is 14.1. The Labute approximate surface area is 199 Å². The Morgan fingerprint density at radius 2 is 1.75 bits per heavy atom. The fraction of sp³-hybridized carbons (Fsp3) is 0.364. The Balaban J connectivity index is 1.68. The van der Waals surface area contributed by atoms with Crippen molar-refractivity contribution < 1.29 is 4.42 Å². The quantitative estimate of drug-likeness (QED) is 0.265. The highest BCUT2D eigenvalue weighted by Crippen LogP contribution is 2.21. The van der Waals surface area contributed by atoms with Gasteiger partial charge in [0.1, 0.15) is 11.5 Å². The van der Waals surface area contributed by atoms with E-state index >= 15 is 0 Å². The van der Waals surface area contributed by atoms with Crippen LogP contribution >= 0.6 is 24.4 Å². The molecule has 0 amide bonds. The van der Waals surface area contributed by atoms with Crippen LogP contribution < -0.4 is 21.5 Å². The van der Waals surface area contributed by atoms with Crippen molar-refractivity contribution in [2.45, 2.75) is 33.4 Å². The van der Waals surface area contributed by atoms with Gasteiger partial charge in [0.15, 0.2) is 16.0 Å². The summed E-state index contributed by atoms with van der Waals surface area (Å²) < 4.78 is 6.09. The summed E-state index contributed by atoms with van der Waals surface area (Å²) in [5.74, 6) is 1.45. The third kappa shape index (κ3) is 7.11. The average Bonchev–Trinajstić information content (AvgIpc) is 3.24. The van der Waals surface area contributed by atoms with E-state index in [2.05, 4.69) is 60.9 Å².